The second-order valence-corrected chi connectivity index (χ2v) is 13.3. The van der Waals surface area contributed by atoms with Crippen LogP contribution in [0.3, 0.4) is 0 Å². The molecule has 0 heterocycles. The molecule has 0 amide bonds. The van der Waals surface area contributed by atoms with Crippen LogP contribution in [-0.2, 0) is 4.74 Å². The molecular formula is C8H20OSSi. The van der Waals surface area contributed by atoms with E-state index in [1.54, 1.807) is 0 Å². The zero-order valence-electron chi connectivity index (χ0n) is 8.31. The van der Waals surface area contributed by atoms with E-state index in [4.69, 9.17) is 4.74 Å². The van der Waals surface area contributed by atoms with E-state index >= 15 is 0 Å². The van der Waals surface area contributed by atoms with Crippen molar-refractivity contribution in [3.05, 3.63) is 0 Å². The fraction of sp³-hybridized carbons (Fsp3) is 1.00. The maximum Gasteiger partial charge on any atom is 0.108 e. The van der Waals surface area contributed by atoms with Crippen LogP contribution in [0.2, 0.25) is 19.6 Å². The lowest BCUT2D eigenvalue weighted by Gasteiger charge is -2.15. The van der Waals surface area contributed by atoms with Gasteiger partial charge in [0.15, 0.2) is 0 Å². The first kappa shape index (κ1) is 11.5. The molecule has 0 saturated carbocycles. The van der Waals surface area contributed by atoms with Gasteiger partial charge in [-0.2, -0.15) is 11.2 Å². The van der Waals surface area contributed by atoms with E-state index in [9.17, 15) is 0 Å². The summed E-state index contributed by atoms with van der Waals surface area (Å²) in [5, 5.41) is 0. The molecule has 0 aliphatic carbocycles. The molecule has 0 fully saturated rings. The first-order valence-electron chi connectivity index (χ1n) is 4.17. The summed E-state index contributed by atoms with van der Waals surface area (Å²) in [7, 11) is -0.893. The number of hydrogen-bond acceptors (Lipinski definition) is 2. The van der Waals surface area contributed by atoms with E-state index < -0.39 is 7.22 Å². The van der Waals surface area contributed by atoms with E-state index in [0.29, 0.717) is 6.10 Å². The Morgan fingerprint density at radius 1 is 1.27 bits per heavy atom. The standard InChI is InChI=1S/C8H20OSSi/c1-8(2)9-6-7-10-11(3,4)5/h8H,6-7H2,1-5H3. The number of ether oxygens (including phenoxy) is 1. The molecule has 0 saturated heterocycles. The van der Waals surface area contributed by atoms with Crippen LogP contribution in [0.5, 0.6) is 0 Å². The van der Waals surface area contributed by atoms with Gasteiger partial charge >= 0.3 is 0 Å². The van der Waals surface area contributed by atoms with Crippen molar-refractivity contribution in [2.45, 2.75) is 39.6 Å². The highest BCUT2D eigenvalue weighted by Gasteiger charge is 2.12. The highest BCUT2D eigenvalue weighted by Crippen LogP contribution is 2.18. The smallest absolute Gasteiger partial charge is 0.108 e. The molecule has 0 spiro atoms. The molecule has 0 N–H and O–H groups in total. The van der Waals surface area contributed by atoms with Crippen molar-refractivity contribution in [1.82, 2.24) is 0 Å². The van der Waals surface area contributed by atoms with Crippen molar-refractivity contribution >= 4 is 18.4 Å². The van der Waals surface area contributed by atoms with Crippen molar-refractivity contribution in [3.8, 4) is 0 Å². The fourth-order valence-corrected chi connectivity index (χ4v) is 3.51. The van der Waals surface area contributed by atoms with E-state index in [0.717, 1.165) is 12.4 Å². The van der Waals surface area contributed by atoms with Gasteiger partial charge in [-0.15, -0.1) is 0 Å². The summed E-state index contributed by atoms with van der Waals surface area (Å²) in [6.07, 6.45) is 0.386. The third-order valence-corrected chi connectivity index (χ3v) is 5.52. The molecule has 0 bridgehead atoms. The second kappa shape index (κ2) is 5.22. The Kier molecular flexibility index (Phi) is 5.47. The average molecular weight is 192 g/mol. The molecule has 0 aromatic rings. The summed E-state index contributed by atoms with van der Waals surface area (Å²) >= 11 is 2.09. The fourth-order valence-electron chi connectivity index (χ4n) is 0.632. The third kappa shape index (κ3) is 10.5. The molecule has 68 valence electrons. The summed E-state index contributed by atoms with van der Waals surface area (Å²) in [6, 6.07) is 0. The quantitative estimate of drug-likeness (QED) is 0.489. The van der Waals surface area contributed by atoms with Gasteiger partial charge in [0.05, 0.1) is 12.7 Å². The number of rotatable bonds is 5. The SMILES string of the molecule is CC(C)OCCS[Si](C)(C)C. The van der Waals surface area contributed by atoms with E-state index in [2.05, 4.69) is 44.7 Å². The van der Waals surface area contributed by atoms with Crippen LogP contribution in [-0.4, -0.2) is 25.7 Å². The average Bonchev–Trinajstić information content (AvgIpc) is 1.78. The molecular weight excluding hydrogens is 172 g/mol. The Labute approximate surface area is 75.6 Å². The zero-order valence-corrected chi connectivity index (χ0v) is 10.1. The molecule has 0 atom stereocenters. The first-order valence-corrected chi connectivity index (χ1v) is 9.38. The van der Waals surface area contributed by atoms with Crippen molar-refractivity contribution in [3.63, 3.8) is 0 Å². The molecule has 1 nitrogen and oxygen atoms in total. The molecule has 0 aromatic heterocycles. The molecule has 3 heteroatoms. The lowest BCUT2D eigenvalue weighted by Crippen LogP contribution is -2.17. The Bertz CT molecular complexity index is 98.8. The second-order valence-electron chi connectivity index (χ2n) is 3.88. The predicted octanol–water partition coefficient (Wildman–Crippen LogP) is 2.98. The van der Waals surface area contributed by atoms with Crippen LogP contribution >= 0.6 is 11.2 Å². The number of hydrogen-bond donors (Lipinski definition) is 0. The normalized spacial score (nSPS) is 12.5. The van der Waals surface area contributed by atoms with Crippen LogP contribution < -0.4 is 0 Å². The molecule has 11 heavy (non-hydrogen) atoms. The van der Waals surface area contributed by atoms with Gasteiger partial charge in [-0.1, -0.05) is 19.6 Å². The van der Waals surface area contributed by atoms with Gasteiger partial charge in [0, 0.05) is 5.75 Å². The van der Waals surface area contributed by atoms with Crippen LogP contribution in [0.1, 0.15) is 13.8 Å². The molecule has 0 aliphatic rings. The van der Waals surface area contributed by atoms with Gasteiger partial charge in [-0.05, 0) is 13.8 Å². The van der Waals surface area contributed by atoms with E-state index in [1.807, 2.05) is 0 Å². The summed E-state index contributed by atoms with van der Waals surface area (Å²) in [6.45, 7) is 12.2. The van der Waals surface area contributed by atoms with Crippen molar-refractivity contribution in [2.24, 2.45) is 0 Å². The summed E-state index contributed by atoms with van der Waals surface area (Å²) in [5.41, 5.74) is 0. The maximum atomic E-state index is 5.44. The monoisotopic (exact) mass is 192 g/mol. The maximum absolute atomic E-state index is 5.44. The Hall–Kier alpha value is 0.527. The Morgan fingerprint density at radius 2 is 1.82 bits per heavy atom. The molecule has 0 radical (unpaired) electrons. The highest BCUT2D eigenvalue weighted by atomic mass is 32.4. The van der Waals surface area contributed by atoms with E-state index in [1.165, 1.54) is 0 Å². The summed E-state index contributed by atoms with van der Waals surface area (Å²) in [4.78, 5) is 0. The van der Waals surface area contributed by atoms with Crippen LogP contribution in [0.25, 0.3) is 0 Å². The largest absolute Gasteiger partial charge is 0.378 e. The highest BCUT2D eigenvalue weighted by molar-refractivity contribution is 8.28. The lowest BCUT2D eigenvalue weighted by atomic mass is 10.5. The Morgan fingerprint density at radius 3 is 2.18 bits per heavy atom. The van der Waals surface area contributed by atoms with Crippen LogP contribution in [0.15, 0.2) is 0 Å². The van der Waals surface area contributed by atoms with Crippen molar-refractivity contribution in [2.75, 3.05) is 12.4 Å². The van der Waals surface area contributed by atoms with Gasteiger partial charge in [-0.3, -0.25) is 0 Å². The Balaban J connectivity index is 3.15. The first-order chi connectivity index (χ1) is 4.92. The summed E-state index contributed by atoms with van der Waals surface area (Å²) < 4.78 is 5.44. The minimum absolute atomic E-state index is 0.386. The minimum Gasteiger partial charge on any atom is -0.378 e. The molecule has 0 aromatic carbocycles. The lowest BCUT2D eigenvalue weighted by molar-refractivity contribution is 0.0921. The topological polar surface area (TPSA) is 9.23 Å². The molecule has 0 aliphatic heterocycles. The van der Waals surface area contributed by atoms with Gasteiger partial charge < -0.3 is 4.74 Å². The van der Waals surface area contributed by atoms with Gasteiger partial charge in [-0.25, -0.2) is 0 Å². The molecule has 0 rings (SSSR count). The van der Waals surface area contributed by atoms with E-state index in [-0.39, 0.29) is 0 Å². The minimum atomic E-state index is -0.893. The zero-order chi connectivity index (χ0) is 8.91. The van der Waals surface area contributed by atoms with Crippen molar-refractivity contribution < 1.29 is 4.74 Å². The van der Waals surface area contributed by atoms with Gasteiger partial charge in [0.25, 0.3) is 0 Å². The van der Waals surface area contributed by atoms with Gasteiger partial charge in [0.2, 0.25) is 0 Å². The summed E-state index contributed by atoms with van der Waals surface area (Å²) in [5.74, 6) is 1.16. The molecule has 0 unspecified atom stereocenters. The van der Waals surface area contributed by atoms with Crippen LogP contribution in [0, 0.1) is 0 Å². The van der Waals surface area contributed by atoms with Crippen molar-refractivity contribution in [1.29, 1.82) is 0 Å². The van der Waals surface area contributed by atoms with Crippen LogP contribution in [0.4, 0.5) is 0 Å². The van der Waals surface area contributed by atoms with Gasteiger partial charge in [0.1, 0.15) is 7.22 Å². The predicted molar refractivity (Wildman–Crippen MR) is 56.9 cm³/mol. The third-order valence-electron chi connectivity index (χ3n) is 1.07.